The Morgan fingerprint density at radius 2 is 2.05 bits per heavy atom. The molecule has 2 aromatic rings. The number of aryl methyl sites for hydroxylation is 1. The van der Waals surface area contributed by atoms with Gasteiger partial charge in [-0.25, -0.2) is 4.79 Å². The van der Waals surface area contributed by atoms with Gasteiger partial charge in [-0.15, -0.1) is 0 Å². The fourth-order valence-corrected chi connectivity index (χ4v) is 2.52. The van der Waals surface area contributed by atoms with E-state index in [-0.39, 0.29) is 17.0 Å². The third-order valence-electron chi connectivity index (χ3n) is 2.70. The zero-order valence-corrected chi connectivity index (χ0v) is 12.4. The number of amides is 1. The molecule has 110 valence electrons. The number of thiazole rings is 1. The maximum absolute atomic E-state index is 12.2. The van der Waals surface area contributed by atoms with E-state index >= 15 is 0 Å². The van der Waals surface area contributed by atoms with Crippen LogP contribution in [0.5, 0.6) is 0 Å². The van der Waals surface area contributed by atoms with Gasteiger partial charge in [0.1, 0.15) is 4.88 Å². The van der Waals surface area contributed by atoms with Gasteiger partial charge in [-0.05, 0) is 26.0 Å². The van der Waals surface area contributed by atoms with Gasteiger partial charge in [0.2, 0.25) is 0 Å². The van der Waals surface area contributed by atoms with Gasteiger partial charge in [-0.3, -0.25) is 9.59 Å². The quantitative estimate of drug-likeness (QED) is 0.847. The first-order chi connectivity index (χ1) is 10.0. The molecular weight excluding hydrogens is 292 g/mol. The van der Waals surface area contributed by atoms with Crippen LogP contribution < -0.4 is 10.2 Å². The third-order valence-corrected chi connectivity index (χ3v) is 3.68. The SMILES string of the molecule is CCOC(=O)c1ccccc1NC(=O)c1sc(=O)[nH]c1C. The Kier molecular flexibility index (Phi) is 4.54. The van der Waals surface area contributed by atoms with Gasteiger partial charge in [0, 0.05) is 5.69 Å². The number of carbonyl (C=O) groups is 2. The monoisotopic (exact) mass is 306 g/mol. The van der Waals surface area contributed by atoms with Gasteiger partial charge in [-0.1, -0.05) is 23.5 Å². The van der Waals surface area contributed by atoms with Crippen molar-refractivity contribution in [1.82, 2.24) is 4.98 Å². The van der Waals surface area contributed by atoms with Gasteiger partial charge in [0.25, 0.3) is 5.91 Å². The molecule has 0 saturated heterocycles. The van der Waals surface area contributed by atoms with Crippen LogP contribution in [-0.2, 0) is 4.74 Å². The molecule has 0 aliphatic heterocycles. The lowest BCUT2D eigenvalue weighted by atomic mass is 10.1. The number of anilines is 1. The molecule has 1 aromatic heterocycles. The van der Waals surface area contributed by atoms with E-state index in [1.165, 1.54) is 0 Å². The van der Waals surface area contributed by atoms with E-state index in [1.807, 2.05) is 0 Å². The first kappa shape index (κ1) is 15.0. The second-order valence-electron chi connectivity index (χ2n) is 4.19. The summed E-state index contributed by atoms with van der Waals surface area (Å²) < 4.78 is 4.94. The molecule has 0 unspecified atom stereocenters. The number of ether oxygens (including phenoxy) is 1. The predicted molar refractivity (Wildman–Crippen MR) is 80.0 cm³/mol. The summed E-state index contributed by atoms with van der Waals surface area (Å²) in [6, 6.07) is 6.56. The van der Waals surface area contributed by atoms with Crippen LogP contribution >= 0.6 is 11.3 Å². The maximum atomic E-state index is 12.2. The number of hydrogen-bond donors (Lipinski definition) is 2. The van der Waals surface area contributed by atoms with Gasteiger partial charge in [-0.2, -0.15) is 0 Å². The zero-order chi connectivity index (χ0) is 15.4. The number of aromatic nitrogens is 1. The number of rotatable bonds is 4. The van der Waals surface area contributed by atoms with Gasteiger partial charge < -0.3 is 15.0 Å². The van der Waals surface area contributed by atoms with E-state index in [2.05, 4.69) is 10.3 Å². The van der Waals surface area contributed by atoms with Crippen molar-refractivity contribution in [2.45, 2.75) is 13.8 Å². The fourth-order valence-electron chi connectivity index (χ4n) is 1.78. The predicted octanol–water partition coefficient (Wildman–Crippen LogP) is 2.17. The van der Waals surface area contributed by atoms with Crippen molar-refractivity contribution in [3.63, 3.8) is 0 Å². The minimum absolute atomic E-state index is 0.250. The van der Waals surface area contributed by atoms with Gasteiger partial charge in [0.15, 0.2) is 0 Å². The highest BCUT2D eigenvalue weighted by Gasteiger charge is 2.17. The molecule has 1 amide bonds. The number of esters is 1. The van der Waals surface area contributed by atoms with E-state index in [0.717, 1.165) is 11.3 Å². The molecule has 0 saturated carbocycles. The summed E-state index contributed by atoms with van der Waals surface area (Å²) in [5.74, 6) is -0.944. The molecule has 7 heteroatoms. The first-order valence-electron chi connectivity index (χ1n) is 6.30. The number of hydrogen-bond acceptors (Lipinski definition) is 5. The number of nitrogens with one attached hydrogen (secondary N) is 2. The van der Waals surface area contributed by atoms with Gasteiger partial charge in [0.05, 0.1) is 17.9 Å². The molecule has 1 heterocycles. The highest BCUT2D eigenvalue weighted by atomic mass is 32.1. The zero-order valence-electron chi connectivity index (χ0n) is 11.6. The summed E-state index contributed by atoms with van der Waals surface area (Å²) in [6.07, 6.45) is 0. The smallest absolute Gasteiger partial charge is 0.340 e. The maximum Gasteiger partial charge on any atom is 0.340 e. The van der Waals surface area contributed by atoms with Crippen LogP contribution in [0.1, 0.15) is 32.6 Å². The lowest BCUT2D eigenvalue weighted by Gasteiger charge is -2.09. The third kappa shape index (κ3) is 3.38. The molecule has 0 aliphatic carbocycles. The Hall–Kier alpha value is -2.41. The number of benzene rings is 1. The van der Waals surface area contributed by atoms with Crippen LogP contribution in [-0.4, -0.2) is 23.5 Å². The second kappa shape index (κ2) is 6.36. The molecule has 2 N–H and O–H groups in total. The van der Waals surface area contributed by atoms with E-state index in [1.54, 1.807) is 38.1 Å². The van der Waals surface area contributed by atoms with E-state index in [9.17, 15) is 14.4 Å². The summed E-state index contributed by atoms with van der Waals surface area (Å²) >= 11 is 0.827. The number of H-pyrrole nitrogens is 1. The van der Waals surface area contributed by atoms with Crippen LogP contribution in [0, 0.1) is 6.92 Å². The molecule has 0 fully saturated rings. The highest BCUT2D eigenvalue weighted by molar-refractivity contribution is 7.11. The Morgan fingerprint density at radius 1 is 1.33 bits per heavy atom. The number of aromatic amines is 1. The molecule has 0 radical (unpaired) electrons. The Bertz CT molecular complexity index is 733. The average Bonchev–Trinajstić information content (AvgIpc) is 2.78. The minimum atomic E-state index is -0.507. The summed E-state index contributed by atoms with van der Waals surface area (Å²) in [5.41, 5.74) is 1.12. The fraction of sp³-hybridized carbons (Fsp3) is 0.214. The van der Waals surface area contributed by atoms with Crippen LogP contribution in [0.4, 0.5) is 5.69 Å². The summed E-state index contributed by atoms with van der Waals surface area (Å²) in [4.78, 5) is 37.8. The number of para-hydroxylation sites is 1. The second-order valence-corrected chi connectivity index (χ2v) is 5.17. The van der Waals surface area contributed by atoms with Crippen molar-refractivity contribution in [3.8, 4) is 0 Å². The Balaban J connectivity index is 2.27. The Labute approximate surface area is 124 Å². The molecule has 21 heavy (non-hydrogen) atoms. The topological polar surface area (TPSA) is 88.3 Å². The summed E-state index contributed by atoms with van der Waals surface area (Å²) in [7, 11) is 0. The van der Waals surface area contributed by atoms with E-state index in [4.69, 9.17) is 4.74 Å². The Morgan fingerprint density at radius 3 is 2.67 bits per heavy atom. The molecule has 2 rings (SSSR count). The minimum Gasteiger partial charge on any atom is -0.462 e. The lowest BCUT2D eigenvalue weighted by molar-refractivity contribution is 0.0527. The summed E-state index contributed by atoms with van der Waals surface area (Å²) in [6.45, 7) is 3.60. The molecule has 0 bridgehead atoms. The average molecular weight is 306 g/mol. The van der Waals surface area contributed by atoms with Crippen LogP contribution in [0.15, 0.2) is 29.1 Å². The van der Waals surface area contributed by atoms with Crippen LogP contribution in [0.25, 0.3) is 0 Å². The van der Waals surface area contributed by atoms with Crippen molar-refractivity contribution in [2.24, 2.45) is 0 Å². The van der Waals surface area contributed by atoms with Crippen molar-refractivity contribution in [2.75, 3.05) is 11.9 Å². The molecule has 6 nitrogen and oxygen atoms in total. The molecule has 0 spiro atoms. The van der Waals surface area contributed by atoms with E-state index in [0.29, 0.717) is 16.3 Å². The normalized spacial score (nSPS) is 10.2. The molecule has 0 aliphatic rings. The first-order valence-corrected chi connectivity index (χ1v) is 7.11. The number of carbonyl (C=O) groups excluding carboxylic acids is 2. The van der Waals surface area contributed by atoms with Crippen molar-refractivity contribution < 1.29 is 14.3 Å². The largest absolute Gasteiger partial charge is 0.462 e. The molecule has 0 atom stereocenters. The molecule has 1 aromatic carbocycles. The van der Waals surface area contributed by atoms with Crippen LogP contribution in [0.3, 0.4) is 0 Å². The molecular formula is C14H14N2O4S. The van der Waals surface area contributed by atoms with Crippen LogP contribution in [0.2, 0.25) is 0 Å². The van der Waals surface area contributed by atoms with Crippen molar-refractivity contribution >= 4 is 28.9 Å². The van der Waals surface area contributed by atoms with E-state index < -0.39 is 11.9 Å². The lowest BCUT2D eigenvalue weighted by Crippen LogP contribution is -2.15. The standard InChI is InChI=1S/C14H14N2O4S/c1-3-20-13(18)9-6-4-5-7-10(9)16-12(17)11-8(2)15-14(19)21-11/h4-7H,3H2,1-2H3,(H,15,19)(H,16,17). The highest BCUT2D eigenvalue weighted by Crippen LogP contribution is 2.18. The summed E-state index contributed by atoms with van der Waals surface area (Å²) in [5, 5.41) is 2.63. The van der Waals surface area contributed by atoms with Gasteiger partial charge >= 0.3 is 10.8 Å². The van der Waals surface area contributed by atoms with Crippen molar-refractivity contribution in [3.05, 3.63) is 50.1 Å². The van der Waals surface area contributed by atoms with Crippen molar-refractivity contribution in [1.29, 1.82) is 0 Å².